The van der Waals surface area contributed by atoms with Gasteiger partial charge in [-0.2, -0.15) is 5.26 Å². The minimum atomic E-state index is -0.809. The van der Waals surface area contributed by atoms with Crippen LogP contribution in [0.3, 0.4) is 0 Å². The number of fused-ring (bicyclic) bond motifs is 1. The van der Waals surface area contributed by atoms with Gasteiger partial charge in [0.1, 0.15) is 17.8 Å². The third-order valence-corrected chi connectivity index (χ3v) is 4.34. The number of carbonyl (C=O) groups is 1. The second-order valence-electron chi connectivity index (χ2n) is 5.70. The molecule has 27 heavy (non-hydrogen) atoms. The van der Waals surface area contributed by atoms with Crippen molar-refractivity contribution in [3.05, 3.63) is 57.9 Å². The fourth-order valence-corrected chi connectivity index (χ4v) is 2.99. The third kappa shape index (κ3) is 3.73. The second kappa shape index (κ2) is 7.43. The van der Waals surface area contributed by atoms with Gasteiger partial charge < -0.3 is 5.32 Å². The SMILES string of the molecule is N#Cc1cc([N+](=O)[O-])ccc1NCCN1C(=O)C2C=C(F)C=CC2=NC1=S. The Labute approximate surface area is 158 Å². The highest BCUT2D eigenvalue weighted by Crippen LogP contribution is 2.24. The van der Waals surface area contributed by atoms with Gasteiger partial charge in [-0.25, -0.2) is 9.38 Å². The van der Waals surface area contributed by atoms with Crippen LogP contribution in [0.5, 0.6) is 0 Å². The summed E-state index contributed by atoms with van der Waals surface area (Å²) in [6.07, 6.45) is 3.84. The summed E-state index contributed by atoms with van der Waals surface area (Å²) in [7, 11) is 0. The van der Waals surface area contributed by atoms with Gasteiger partial charge in [-0.15, -0.1) is 0 Å². The molecular formula is C17H12FN5O3S. The molecule has 1 aromatic carbocycles. The van der Waals surface area contributed by atoms with E-state index < -0.39 is 16.7 Å². The summed E-state index contributed by atoms with van der Waals surface area (Å²) in [5, 5.41) is 23.0. The van der Waals surface area contributed by atoms with E-state index in [1.165, 1.54) is 35.3 Å². The average Bonchev–Trinajstić information content (AvgIpc) is 2.65. The molecule has 1 heterocycles. The molecule has 1 N–H and O–H groups in total. The van der Waals surface area contributed by atoms with Gasteiger partial charge in [0.05, 0.1) is 21.9 Å². The summed E-state index contributed by atoms with van der Waals surface area (Å²) in [4.78, 5) is 28.2. The third-order valence-electron chi connectivity index (χ3n) is 4.03. The Kier molecular flexibility index (Phi) is 5.05. The van der Waals surface area contributed by atoms with E-state index in [1.54, 1.807) is 0 Å². The average molecular weight is 385 g/mol. The van der Waals surface area contributed by atoms with Crippen molar-refractivity contribution < 1.29 is 14.1 Å². The molecule has 0 saturated heterocycles. The molecule has 1 aliphatic carbocycles. The Morgan fingerprint density at radius 1 is 1.44 bits per heavy atom. The van der Waals surface area contributed by atoms with E-state index in [2.05, 4.69) is 10.3 Å². The number of hydrogen-bond donors (Lipinski definition) is 1. The van der Waals surface area contributed by atoms with E-state index in [1.807, 2.05) is 6.07 Å². The number of aliphatic imine (C=N–C) groups is 1. The lowest BCUT2D eigenvalue weighted by Gasteiger charge is -2.30. The second-order valence-corrected chi connectivity index (χ2v) is 6.06. The minimum Gasteiger partial charge on any atom is -0.382 e. The number of nitro benzene ring substituents is 1. The predicted octanol–water partition coefficient (Wildman–Crippen LogP) is 2.49. The molecule has 1 aromatic rings. The first-order valence-corrected chi connectivity index (χ1v) is 8.23. The van der Waals surface area contributed by atoms with Gasteiger partial charge in [0.2, 0.25) is 11.0 Å². The van der Waals surface area contributed by atoms with E-state index in [0.717, 1.165) is 6.07 Å². The number of halogens is 1. The Hall–Kier alpha value is -3.45. The normalized spacial score (nSPS) is 18.4. The highest BCUT2D eigenvalue weighted by atomic mass is 32.1. The maximum Gasteiger partial charge on any atom is 0.270 e. The number of nitrogens with zero attached hydrogens (tertiary/aromatic N) is 4. The van der Waals surface area contributed by atoms with Crippen LogP contribution >= 0.6 is 12.2 Å². The van der Waals surface area contributed by atoms with E-state index in [0.29, 0.717) is 11.4 Å². The molecule has 0 radical (unpaired) electrons. The van der Waals surface area contributed by atoms with Crippen LogP contribution in [0.1, 0.15) is 5.56 Å². The number of rotatable bonds is 5. The van der Waals surface area contributed by atoms with Crippen molar-refractivity contribution >= 4 is 40.3 Å². The maximum absolute atomic E-state index is 13.4. The van der Waals surface area contributed by atoms with Crippen molar-refractivity contribution in [2.75, 3.05) is 18.4 Å². The molecule has 1 amide bonds. The zero-order valence-electron chi connectivity index (χ0n) is 13.8. The molecule has 1 atom stereocenters. The summed E-state index contributed by atoms with van der Waals surface area (Å²) in [5.41, 5.74) is 0.719. The first-order valence-electron chi connectivity index (χ1n) is 7.82. The van der Waals surface area contributed by atoms with E-state index >= 15 is 0 Å². The van der Waals surface area contributed by atoms with Crippen molar-refractivity contribution in [2.24, 2.45) is 10.9 Å². The van der Waals surface area contributed by atoms with Crippen LogP contribution in [-0.4, -0.2) is 39.6 Å². The van der Waals surface area contributed by atoms with Crippen LogP contribution in [0.2, 0.25) is 0 Å². The molecule has 10 heteroatoms. The van der Waals surface area contributed by atoms with Crippen LogP contribution in [0, 0.1) is 27.4 Å². The highest BCUT2D eigenvalue weighted by molar-refractivity contribution is 7.80. The maximum atomic E-state index is 13.4. The number of amides is 1. The van der Waals surface area contributed by atoms with Gasteiger partial charge in [0, 0.05) is 25.2 Å². The van der Waals surface area contributed by atoms with Crippen molar-refractivity contribution in [3.63, 3.8) is 0 Å². The number of carbonyl (C=O) groups excluding carboxylic acids is 1. The van der Waals surface area contributed by atoms with Crippen LogP contribution < -0.4 is 5.32 Å². The van der Waals surface area contributed by atoms with Gasteiger partial charge in [0.15, 0.2) is 0 Å². The van der Waals surface area contributed by atoms with Gasteiger partial charge in [0.25, 0.3) is 5.69 Å². The standard InChI is InChI=1S/C17H12FN5O3S/c18-11-1-3-15-13(8-11)16(24)22(17(27)21-15)6-5-20-14-4-2-12(23(25)26)7-10(14)9-19/h1-4,7-8,13,20H,5-6H2. The number of allylic oxidation sites excluding steroid dienone is 3. The summed E-state index contributed by atoms with van der Waals surface area (Å²) in [6, 6.07) is 5.75. The zero-order valence-corrected chi connectivity index (χ0v) is 14.6. The van der Waals surface area contributed by atoms with E-state index in [-0.39, 0.29) is 35.4 Å². The number of benzene rings is 1. The van der Waals surface area contributed by atoms with Crippen molar-refractivity contribution in [1.29, 1.82) is 5.26 Å². The van der Waals surface area contributed by atoms with Gasteiger partial charge in [-0.05, 0) is 36.5 Å². The molecule has 1 unspecified atom stereocenters. The van der Waals surface area contributed by atoms with Crippen molar-refractivity contribution in [1.82, 2.24) is 4.90 Å². The minimum absolute atomic E-state index is 0.0811. The Morgan fingerprint density at radius 2 is 2.22 bits per heavy atom. The van der Waals surface area contributed by atoms with Crippen molar-refractivity contribution in [3.8, 4) is 6.07 Å². The molecule has 3 rings (SSSR count). The Balaban J connectivity index is 1.69. The van der Waals surface area contributed by atoms with Gasteiger partial charge >= 0.3 is 0 Å². The number of non-ortho nitro benzene ring substituents is 1. The first-order chi connectivity index (χ1) is 12.9. The largest absolute Gasteiger partial charge is 0.382 e. The lowest BCUT2D eigenvalue weighted by Crippen LogP contribution is -2.47. The molecule has 8 nitrogen and oxygen atoms in total. The fraction of sp³-hybridized carbons (Fsp3) is 0.176. The molecule has 0 fully saturated rings. The molecule has 2 aliphatic rings. The molecule has 0 saturated carbocycles. The number of hydrogen-bond acceptors (Lipinski definition) is 6. The van der Waals surface area contributed by atoms with Crippen LogP contribution in [0.4, 0.5) is 15.8 Å². The van der Waals surface area contributed by atoms with E-state index in [9.17, 15) is 19.3 Å². The smallest absolute Gasteiger partial charge is 0.270 e. The molecule has 0 bridgehead atoms. The summed E-state index contributed by atoms with van der Waals surface area (Å²) < 4.78 is 13.4. The number of anilines is 1. The number of thiocarbonyl (C=S) groups is 1. The fourth-order valence-electron chi connectivity index (χ4n) is 2.71. The van der Waals surface area contributed by atoms with Gasteiger partial charge in [-0.1, -0.05) is 0 Å². The van der Waals surface area contributed by atoms with E-state index in [4.69, 9.17) is 17.5 Å². The van der Waals surface area contributed by atoms with Crippen LogP contribution in [0.15, 0.2) is 47.2 Å². The zero-order chi connectivity index (χ0) is 19.6. The Morgan fingerprint density at radius 3 is 2.93 bits per heavy atom. The molecule has 1 aliphatic heterocycles. The molecular weight excluding hydrogens is 373 g/mol. The van der Waals surface area contributed by atoms with Gasteiger partial charge in [-0.3, -0.25) is 19.8 Å². The van der Waals surface area contributed by atoms with Crippen molar-refractivity contribution in [2.45, 2.75) is 0 Å². The molecule has 136 valence electrons. The highest BCUT2D eigenvalue weighted by Gasteiger charge is 2.34. The van der Waals surface area contributed by atoms with Crippen LogP contribution in [-0.2, 0) is 4.79 Å². The summed E-state index contributed by atoms with van der Waals surface area (Å²) in [5.74, 6) is -1.70. The lowest BCUT2D eigenvalue weighted by molar-refractivity contribution is -0.384. The number of nitrogens with one attached hydrogen (secondary N) is 1. The summed E-state index contributed by atoms with van der Waals surface area (Å²) >= 11 is 5.14. The molecule has 0 spiro atoms. The first kappa shape index (κ1) is 18.3. The monoisotopic (exact) mass is 385 g/mol. The topological polar surface area (TPSA) is 112 Å². The number of nitro groups is 1. The quantitative estimate of drug-likeness (QED) is 0.473. The summed E-state index contributed by atoms with van der Waals surface area (Å²) in [6.45, 7) is 0.365. The lowest BCUT2D eigenvalue weighted by atomic mass is 9.95. The predicted molar refractivity (Wildman–Crippen MR) is 99.9 cm³/mol. The Bertz CT molecular complexity index is 979. The number of nitriles is 1. The molecule has 0 aromatic heterocycles. The van der Waals surface area contributed by atoms with Crippen LogP contribution in [0.25, 0.3) is 0 Å².